The number of amides is 1. The molecule has 1 atom stereocenters. The molecule has 40 heavy (non-hydrogen) atoms. The first-order chi connectivity index (χ1) is 18.7. The Morgan fingerprint density at radius 3 is 2.52 bits per heavy atom. The number of carbonyl (C=O) groups is 1. The Labute approximate surface area is 218 Å². The topological polar surface area (TPSA) is 111 Å². The molecule has 1 amide bonds. The number of pyridine rings is 2. The van der Waals surface area contributed by atoms with Crippen molar-refractivity contribution in [2.24, 2.45) is 0 Å². The first kappa shape index (κ1) is 27.1. The monoisotopic (exact) mass is 572 g/mol. The molecule has 17 heteroatoms. The van der Waals surface area contributed by atoms with Crippen molar-refractivity contribution in [2.75, 3.05) is 17.2 Å². The zero-order valence-electron chi connectivity index (χ0n) is 20.1. The zero-order valence-corrected chi connectivity index (χ0v) is 20.1. The standard InChI is InChI=1S/C23H16F8N8O/c1-21(23(29,30)31)14-16(33-6-4-22(26,27)28)35-18(36-17(14)37-20(21)40)15-11-7-10(24)8-34-19(11)39(38-15)9-13-12(25)3-2-5-32-13/h2-3,5,7-8H,4,6,9H2,1H3,(H2,33,35,36,37,40). The summed E-state index contributed by atoms with van der Waals surface area (Å²) in [7, 11) is 0. The Bertz CT molecular complexity index is 1630. The maximum Gasteiger partial charge on any atom is 0.407 e. The number of hydrogen-bond acceptors (Lipinski definition) is 7. The molecule has 5 rings (SSSR count). The highest BCUT2D eigenvalue weighted by molar-refractivity contribution is 6.07. The second kappa shape index (κ2) is 9.34. The van der Waals surface area contributed by atoms with E-state index >= 15 is 0 Å². The van der Waals surface area contributed by atoms with Gasteiger partial charge in [0.2, 0.25) is 5.91 Å². The Morgan fingerprint density at radius 2 is 1.85 bits per heavy atom. The molecule has 0 aromatic carbocycles. The fourth-order valence-corrected chi connectivity index (χ4v) is 4.18. The van der Waals surface area contributed by atoms with Crippen molar-refractivity contribution >= 4 is 28.6 Å². The maximum absolute atomic E-state index is 14.3. The van der Waals surface area contributed by atoms with Crippen molar-refractivity contribution in [3.63, 3.8) is 0 Å². The largest absolute Gasteiger partial charge is 0.407 e. The predicted molar refractivity (Wildman–Crippen MR) is 123 cm³/mol. The molecule has 2 N–H and O–H groups in total. The van der Waals surface area contributed by atoms with Gasteiger partial charge in [-0.15, -0.1) is 0 Å². The summed E-state index contributed by atoms with van der Waals surface area (Å²) in [6, 6.07) is 3.47. The molecule has 4 aromatic heterocycles. The highest BCUT2D eigenvalue weighted by atomic mass is 19.4. The number of nitrogens with zero attached hydrogens (tertiary/aromatic N) is 6. The molecule has 1 aliphatic heterocycles. The minimum atomic E-state index is -5.16. The van der Waals surface area contributed by atoms with E-state index in [1.165, 1.54) is 12.3 Å². The van der Waals surface area contributed by atoms with Gasteiger partial charge < -0.3 is 10.6 Å². The highest BCUT2D eigenvalue weighted by Gasteiger charge is 2.63. The van der Waals surface area contributed by atoms with Crippen LogP contribution in [-0.4, -0.2) is 54.5 Å². The van der Waals surface area contributed by atoms with Crippen molar-refractivity contribution < 1.29 is 39.9 Å². The number of carbonyl (C=O) groups excluding carboxylic acids is 1. The minimum Gasteiger partial charge on any atom is -0.369 e. The number of halogens is 8. The van der Waals surface area contributed by atoms with Gasteiger partial charge in [-0.05, 0) is 25.1 Å². The van der Waals surface area contributed by atoms with Crippen molar-refractivity contribution in [3.8, 4) is 11.5 Å². The lowest BCUT2D eigenvalue weighted by Crippen LogP contribution is -2.45. The molecule has 1 aliphatic rings. The number of hydrogen-bond donors (Lipinski definition) is 2. The number of anilines is 2. The molecule has 0 spiro atoms. The fourth-order valence-electron chi connectivity index (χ4n) is 4.18. The van der Waals surface area contributed by atoms with Gasteiger partial charge >= 0.3 is 12.4 Å². The van der Waals surface area contributed by atoms with Gasteiger partial charge in [0.15, 0.2) is 16.9 Å². The first-order valence-corrected chi connectivity index (χ1v) is 11.4. The van der Waals surface area contributed by atoms with E-state index in [4.69, 9.17) is 0 Å². The number of aromatic nitrogens is 6. The Morgan fingerprint density at radius 1 is 1.10 bits per heavy atom. The van der Waals surface area contributed by atoms with Crippen molar-refractivity contribution in [2.45, 2.75) is 37.7 Å². The van der Waals surface area contributed by atoms with Crippen molar-refractivity contribution in [1.82, 2.24) is 29.7 Å². The van der Waals surface area contributed by atoms with E-state index in [0.717, 1.165) is 23.0 Å². The molecule has 5 heterocycles. The van der Waals surface area contributed by atoms with Gasteiger partial charge in [0.25, 0.3) is 0 Å². The van der Waals surface area contributed by atoms with Gasteiger partial charge in [-0.1, -0.05) is 0 Å². The summed E-state index contributed by atoms with van der Waals surface area (Å²) in [4.78, 5) is 28.4. The van der Waals surface area contributed by atoms with E-state index in [9.17, 15) is 39.9 Å². The van der Waals surface area contributed by atoms with Gasteiger partial charge in [-0.2, -0.15) is 31.4 Å². The molecule has 0 radical (unpaired) electrons. The number of alkyl halides is 6. The third kappa shape index (κ3) is 4.64. The SMILES string of the molecule is CC1(C(F)(F)F)C(=O)Nc2nc(-c3nn(Cc4ncccc4F)c4ncc(F)cc34)nc(NCCC(F)(F)F)c21. The van der Waals surface area contributed by atoms with Crippen LogP contribution >= 0.6 is 0 Å². The van der Waals surface area contributed by atoms with Gasteiger partial charge in [0, 0.05) is 12.7 Å². The molecule has 0 saturated heterocycles. The third-order valence-electron chi connectivity index (χ3n) is 6.26. The van der Waals surface area contributed by atoms with Gasteiger partial charge in [-0.25, -0.2) is 28.4 Å². The lowest BCUT2D eigenvalue weighted by Gasteiger charge is -2.26. The van der Waals surface area contributed by atoms with E-state index in [2.05, 4.69) is 30.4 Å². The summed E-state index contributed by atoms with van der Waals surface area (Å²) in [5, 5.41) is 8.43. The van der Waals surface area contributed by atoms with Crippen LogP contribution in [0, 0.1) is 11.6 Å². The van der Waals surface area contributed by atoms with Gasteiger partial charge in [0.1, 0.15) is 29.0 Å². The summed E-state index contributed by atoms with van der Waals surface area (Å²) in [5.41, 5.74) is -4.30. The average Bonchev–Trinajstić information content (AvgIpc) is 3.34. The van der Waals surface area contributed by atoms with Gasteiger partial charge in [-0.3, -0.25) is 9.78 Å². The molecular formula is C23H16F8N8O. The average molecular weight is 572 g/mol. The fraction of sp³-hybridized carbons (Fsp3) is 0.304. The smallest absolute Gasteiger partial charge is 0.369 e. The molecule has 1 unspecified atom stereocenters. The lowest BCUT2D eigenvalue weighted by molar-refractivity contribution is -0.186. The summed E-state index contributed by atoms with van der Waals surface area (Å²) in [6.45, 7) is -0.623. The van der Waals surface area contributed by atoms with Crippen LogP contribution < -0.4 is 10.6 Å². The van der Waals surface area contributed by atoms with E-state index in [-0.39, 0.29) is 29.0 Å². The van der Waals surface area contributed by atoms with E-state index in [1.54, 1.807) is 0 Å². The van der Waals surface area contributed by atoms with Crippen LogP contribution in [0.3, 0.4) is 0 Å². The molecular weight excluding hydrogens is 556 g/mol. The quantitative estimate of drug-likeness (QED) is 0.321. The highest BCUT2D eigenvalue weighted by Crippen LogP contribution is 2.50. The number of fused-ring (bicyclic) bond motifs is 2. The number of rotatable bonds is 6. The Hall–Kier alpha value is -4.44. The van der Waals surface area contributed by atoms with E-state index in [1.807, 2.05) is 5.32 Å². The van der Waals surface area contributed by atoms with Crippen LogP contribution in [0.4, 0.5) is 46.8 Å². The third-order valence-corrected chi connectivity index (χ3v) is 6.26. The second-order valence-electron chi connectivity index (χ2n) is 8.95. The molecule has 0 bridgehead atoms. The van der Waals surface area contributed by atoms with Crippen LogP contribution in [-0.2, 0) is 16.8 Å². The molecule has 4 aromatic rings. The molecule has 0 saturated carbocycles. The molecule has 210 valence electrons. The van der Waals surface area contributed by atoms with E-state index < -0.39 is 71.3 Å². The van der Waals surface area contributed by atoms with Crippen LogP contribution in [0.2, 0.25) is 0 Å². The molecule has 0 fully saturated rings. The van der Waals surface area contributed by atoms with Crippen LogP contribution in [0.5, 0.6) is 0 Å². The van der Waals surface area contributed by atoms with Crippen LogP contribution in [0.15, 0.2) is 30.6 Å². The maximum atomic E-state index is 14.3. The minimum absolute atomic E-state index is 0.00120. The summed E-state index contributed by atoms with van der Waals surface area (Å²) >= 11 is 0. The van der Waals surface area contributed by atoms with E-state index in [0.29, 0.717) is 6.92 Å². The summed E-state index contributed by atoms with van der Waals surface area (Å²) < 4.78 is 110. The molecule has 0 aliphatic carbocycles. The van der Waals surface area contributed by atoms with Crippen molar-refractivity contribution in [3.05, 3.63) is 53.5 Å². The Kier molecular flexibility index (Phi) is 6.34. The summed E-state index contributed by atoms with van der Waals surface area (Å²) in [6.07, 6.45) is -9.07. The van der Waals surface area contributed by atoms with Crippen LogP contribution in [0.25, 0.3) is 22.6 Å². The number of nitrogens with one attached hydrogen (secondary N) is 2. The van der Waals surface area contributed by atoms with Crippen molar-refractivity contribution in [1.29, 1.82) is 0 Å². The zero-order chi connectivity index (χ0) is 29.0. The Balaban J connectivity index is 1.68. The lowest BCUT2D eigenvalue weighted by atomic mass is 9.83. The van der Waals surface area contributed by atoms with Crippen LogP contribution in [0.1, 0.15) is 24.6 Å². The van der Waals surface area contributed by atoms with Gasteiger partial charge in [0.05, 0.1) is 35.8 Å². The predicted octanol–water partition coefficient (Wildman–Crippen LogP) is 4.75. The second-order valence-corrected chi connectivity index (χ2v) is 8.95. The summed E-state index contributed by atoms with van der Waals surface area (Å²) in [5.74, 6) is -4.82. The first-order valence-electron chi connectivity index (χ1n) is 11.4. The molecule has 9 nitrogen and oxygen atoms in total. The normalized spacial score (nSPS) is 17.3.